The van der Waals surface area contributed by atoms with Gasteiger partial charge in [0.1, 0.15) is 11.9 Å². The summed E-state index contributed by atoms with van der Waals surface area (Å²) < 4.78 is 5.93. The van der Waals surface area contributed by atoms with Crippen molar-refractivity contribution >= 4 is 16.8 Å². The number of carbonyl (C=O) groups is 1. The molecule has 4 rings (SSSR count). The topological polar surface area (TPSA) is 42.4 Å². The summed E-state index contributed by atoms with van der Waals surface area (Å²) in [5.41, 5.74) is 3.21. The first-order valence-electron chi connectivity index (χ1n) is 8.62. The van der Waals surface area contributed by atoms with Crippen LogP contribution < -0.4 is 4.74 Å². The third kappa shape index (κ3) is 3.20. The number of benzene rings is 2. The van der Waals surface area contributed by atoms with Crippen LogP contribution in [0.15, 0.2) is 60.8 Å². The highest BCUT2D eigenvalue weighted by atomic mass is 16.5. The Balaban J connectivity index is 1.44. The first-order valence-corrected chi connectivity index (χ1v) is 8.62. The third-order valence-corrected chi connectivity index (χ3v) is 4.58. The van der Waals surface area contributed by atoms with E-state index in [9.17, 15) is 4.79 Å². The Morgan fingerprint density at radius 2 is 1.88 bits per heavy atom. The highest BCUT2D eigenvalue weighted by Crippen LogP contribution is 2.26. The number of nitrogens with zero attached hydrogens (tertiary/aromatic N) is 2. The molecule has 0 radical (unpaired) electrons. The Bertz CT molecular complexity index is 899. The lowest BCUT2D eigenvalue weighted by Crippen LogP contribution is -2.56. The van der Waals surface area contributed by atoms with E-state index in [1.54, 1.807) is 0 Å². The smallest absolute Gasteiger partial charge is 0.222 e. The molecule has 0 N–H and O–H groups in total. The van der Waals surface area contributed by atoms with Gasteiger partial charge >= 0.3 is 0 Å². The summed E-state index contributed by atoms with van der Waals surface area (Å²) in [6, 6.07) is 18.3. The average molecular weight is 332 g/mol. The van der Waals surface area contributed by atoms with Gasteiger partial charge in [-0.2, -0.15) is 0 Å². The number of pyridine rings is 1. The van der Waals surface area contributed by atoms with Crippen LogP contribution in [0, 0.1) is 0 Å². The van der Waals surface area contributed by atoms with Crippen LogP contribution in [0.4, 0.5) is 0 Å². The molecule has 1 saturated heterocycles. The van der Waals surface area contributed by atoms with Crippen LogP contribution in [0.3, 0.4) is 0 Å². The molecule has 1 aliphatic heterocycles. The molecule has 3 aromatic rings. The zero-order valence-electron chi connectivity index (χ0n) is 14.2. The zero-order valence-corrected chi connectivity index (χ0v) is 14.2. The predicted molar refractivity (Wildman–Crippen MR) is 98.5 cm³/mol. The maximum atomic E-state index is 11.6. The molecule has 1 aliphatic rings. The molecule has 1 fully saturated rings. The Kier molecular flexibility index (Phi) is 4.10. The van der Waals surface area contributed by atoms with Crippen LogP contribution in [-0.4, -0.2) is 35.0 Å². The van der Waals surface area contributed by atoms with Gasteiger partial charge in [0.2, 0.25) is 5.91 Å². The minimum atomic E-state index is 0.101. The van der Waals surface area contributed by atoms with Gasteiger partial charge in [0.15, 0.2) is 0 Å². The van der Waals surface area contributed by atoms with E-state index in [-0.39, 0.29) is 12.0 Å². The van der Waals surface area contributed by atoms with Crippen molar-refractivity contribution < 1.29 is 9.53 Å². The number of hydrogen-bond donors (Lipinski definition) is 0. The second kappa shape index (κ2) is 6.55. The number of hydrogen-bond acceptors (Lipinski definition) is 3. The third-order valence-electron chi connectivity index (χ3n) is 4.58. The molecular formula is C21H20N2O2. The van der Waals surface area contributed by atoms with Gasteiger partial charge in [0.05, 0.1) is 18.6 Å². The zero-order chi connectivity index (χ0) is 17.2. The van der Waals surface area contributed by atoms with Crippen LogP contribution in [0.25, 0.3) is 22.0 Å². The molecule has 0 unspecified atom stereocenters. The molecular weight excluding hydrogens is 312 g/mol. The van der Waals surface area contributed by atoms with Crippen LogP contribution in [0.1, 0.15) is 13.3 Å². The summed E-state index contributed by atoms with van der Waals surface area (Å²) in [6.45, 7) is 3.25. The molecule has 0 bridgehead atoms. The highest BCUT2D eigenvalue weighted by Gasteiger charge is 2.31. The Labute approximate surface area is 147 Å². The van der Waals surface area contributed by atoms with Crippen molar-refractivity contribution in [2.75, 3.05) is 13.1 Å². The lowest BCUT2D eigenvalue weighted by Gasteiger charge is -2.38. The van der Waals surface area contributed by atoms with E-state index in [1.807, 2.05) is 48.4 Å². The first kappa shape index (κ1) is 15.6. The highest BCUT2D eigenvalue weighted by molar-refractivity contribution is 5.83. The summed E-state index contributed by atoms with van der Waals surface area (Å²) in [5.74, 6) is 1.03. The van der Waals surface area contributed by atoms with E-state index >= 15 is 0 Å². The summed E-state index contributed by atoms with van der Waals surface area (Å²) in [5, 5.41) is 1.13. The minimum absolute atomic E-state index is 0.101. The molecule has 4 nitrogen and oxygen atoms in total. The summed E-state index contributed by atoms with van der Waals surface area (Å²) >= 11 is 0. The molecule has 126 valence electrons. The number of likely N-dealkylation sites (tertiary alicyclic amines) is 1. The molecule has 1 amide bonds. The molecule has 4 heteroatoms. The largest absolute Gasteiger partial charge is 0.487 e. The monoisotopic (exact) mass is 332 g/mol. The van der Waals surface area contributed by atoms with Gasteiger partial charge < -0.3 is 9.64 Å². The van der Waals surface area contributed by atoms with Gasteiger partial charge in [-0.15, -0.1) is 0 Å². The quantitative estimate of drug-likeness (QED) is 0.728. The Morgan fingerprint density at radius 3 is 2.64 bits per heavy atom. The van der Waals surface area contributed by atoms with E-state index < -0.39 is 0 Å². The minimum Gasteiger partial charge on any atom is -0.487 e. The Morgan fingerprint density at radius 1 is 1.12 bits per heavy atom. The molecule has 2 heterocycles. The van der Waals surface area contributed by atoms with Crippen molar-refractivity contribution in [3.63, 3.8) is 0 Å². The fourth-order valence-electron chi connectivity index (χ4n) is 3.09. The number of aromatic nitrogens is 1. The van der Waals surface area contributed by atoms with Crippen molar-refractivity contribution in [3.05, 3.63) is 60.8 Å². The molecule has 0 atom stereocenters. The SMILES string of the molecule is CCC(=O)N1CC(Oc2ccc(-c3cnc4ccccc4c3)cc2)C1. The van der Waals surface area contributed by atoms with E-state index in [1.165, 1.54) is 0 Å². The number of amides is 1. The Hall–Kier alpha value is -2.88. The van der Waals surface area contributed by atoms with Crippen molar-refractivity contribution in [1.82, 2.24) is 9.88 Å². The van der Waals surface area contributed by atoms with Crippen LogP contribution >= 0.6 is 0 Å². The fraction of sp³-hybridized carbons (Fsp3) is 0.238. The molecule has 25 heavy (non-hydrogen) atoms. The maximum Gasteiger partial charge on any atom is 0.222 e. The summed E-state index contributed by atoms with van der Waals surface area (Å²) in [4.78, 5) is 17.9. The molecule has 2 aromatic carbocycles. The lowest BCUT2D eigenvalue weighted by molar-refractivity contribution is -0.139. The predicted octanol–water partition coefficient (Wildman–Crippen LogP) is 3.90. The standard InChI is InChI=1S/C21H20N2O2/c1-2-21(24)23-13-19(14-23)25-18-9-7-15(8-10-18)17-11-16-5-3-4-6-20(16)22-12-17/h3-12,19H,2,13-14H2,1H3. The van der Waals surface area contributed by atoms with Crippen molar-refractivity contribution in [2.45, 2.75) is 19.4 Å². The number of ether oxygens (including phenoxy) is 1. The molecule has 0 saturated carbocycles. The van der Waals surface area contributed by atoms with Crippen LogP contribution in [-0.2, 0) is 4.79 Å². The number of fused-ring (bicyclic) bond motifs is 1. The van der Waals surface area contributed by atoms with E-state index in [0.717, 1.165) is 27.8 Å². The van der Waals surface area contributed by atoms with E-state index in [0.29, 0.717) is 19.5 Å². The second-order valence-electron chi connectivity index (χ2n) is 6.33. The lowest BCUT2D eigenvalue weighted by atomic mass is 10.1. The summed E-state index contributed by atoms with van der Waals surface area (Å²) in [6.07, 6.45) is 2.56. The maximum absolute atomic E-state index is 11.6. The second-order valence-corrected chi connectivity index (χ2v) is 6.33. The van der Waals surface area contributed by atoms with Crippen LogP contribution in [0.2, 0.25) is 0 Å². The first-order chi connectivity index (χ1) is 12.2. The van der Waals surface area contributed by atoms with Gasteiger partial charge in [0.25, 0.3) is 0 Å². The van der Waals surface area contributed by atoms with Crippen LogP contribution in [0.5, 0.6) is 5.75 Å². The van der Waals surface area contributed by atoms with Gasteiger partial charge in [-0.3, -0.25) is 9.78 Å². The van der Waals surface area contributed by atoms with E-state index in [4.69, 9.17) is 4.74 Å². The average Bonchev–Trinajstić information content (AvgIpc) is 2.64. The number of carbonyl (C=O) groups excluding carboxylic acids is 1. The number of rotatable bonds is 4. The molecule has 1 aromatic heterocycles. The molecule has 0 spiro atoms. The van der Waals surface area contributed by atoms with E-state index in [2.05, 4.69) is 29.2 Å². The molecule has 0 aliphatic carbocycles. The van der Waals surface area contributed by atoms with Crippen molar-refractivity contribution in [2.24, 2.45) is 0 Å². The van der Waals surface area contributed by atoms with Crippen molar-refractivity contribution in [3.8, 4) is 16.9 Å². The fourth-order valence-corrected chi connectivity index (χ4v) is 3.09. The van der Waals surface area contributed by atoms with Gasteiger partial charge in [-0.1, -0.05) is 37.3 Å². The number of para-hydroxylation sites is 1. The van der Waals surface area contributed by atoms with Gasteiger partial charge in [0, 0.05) is 23.6 Å². The van der Waals surface area contributed by atoms with Gasteiger partial charge in [-0.05, 0) is 29.8 Å². The van der Waals surface area contributed by atoms with Crippen molar-refractivity contribution in [1.29, 1.82) is 0 Å². The van der Waals surface area contributed by atoms with Gasteiger partial charge in [-0.25, -0.2) is 0 Å². The normalized spacial score (nSPS) is 14.4. The summed E-state index contributed by atoms with van der Waals surface area (Å²) in [7, 11) is 0.